The number of hydrogen-bond donors (Lipinski definition) is 1. The lowest BCUT2D eigenvalue weighted by Crippen LogP contribution is -2.25. The van der Waals surface area contributed by atoms with Gasteiger partial charge in [0.1, 0.15) is 0 Å². The lowest BCUT2D eigenvalue weighted by atomic mass is 10.1. The van der Waals surface area contributed by atoms with Crippen molar-refractivity contribution in [2.45, 2.75) is 32.6 Å². The fourth-order valence-electron chi connectivity index (χ4n) is 1.42. The SMILES string of the molecule is CCCCC(=O)NCCc1ccccc1. The summed E-state index contributed by atoms with van der Waals surface area (Å²) in [4.78, 5) is 11.3. The second kappa shape index (κ2) is 7.04. The van der Waals surface area contributed by atoms with Gasteiger partial charge in [-0.1, -0.05) is 43.7 Å². The average Bonchev–Trinajstić information content (AvgIpc) is 2.28. The number of carbonyl (C=O) groups is 1. The van der Waals surface area contributed by atoms with E-state index in [0.29, 0.717) is 6.42 Å². The Kier molecular flexibility index (Phi) is 5.52. The van der Waals surface area contributed by atoms with Crippen molar-refractivity contribution < 1.29 is 4.79 Å². The number of rotatable bonds is 6. The average molecular weight is 205 g/mol. The first-order chi connectivity index (χ1) is 7.33. The van der Waals surface area contributed by atoms with Crippen molar-refractivity contribution in [3.8, 4) is 0 Å². The molecule has 82 valence electrons. The molecule has 0 bridgehead atoms. The second-order valence-corrected chi connectivity index (χ2v) is 3.69. The Balaban J connectivity index is 2.14. The number of unbranched alkanes of at least 4 members (excludes halogenated alkanes) is 1. The summed E-state index contributed by atoms with van der Waals surface area (Å²) in [6, 6.07) is 10.2. The molecule has 0 atom stereocenters. The highest BCUT2D eigenvalue weighted by molar-refractivity contribution is 5.75. The van der Waals surface area contributed by atoms with Gasteiger partial charge in [0.2, 0.25) is 5.91 Å². The van der Waals surface area contributed by atoms with Crippen molar-refractivity contribution in [3.05, 3.63) is 35.9 Å². The molecule has 0 aliphatic rings. The first-order valence-corrected chi connectivity index (χ1v) is 5.63. The Morgan fingerprint density at radius 1 is 1.27 bits per heavy atom. The molecule has 0 aliphatic carbocycles. The van der Waals surface area contributed by atoms with E-state index in [9.17, 15) is 4.79 Å². The Bertz CT molecular complexity index is 282. The van der Waals surface area contributed by atoms with Crippen LogP contribution in [0.15, 0.2) is 30.3 Å². The molecular formula is C13H19NO. The van der Waals surface area contributed by atoms with Gasteiger partial charge < -0.3 is 5.32 Å². The monoisotopic (exact) mass is 205 g/mol. The summed E-state index contributed by atoms with van der Waals surface area (Å²) < 4.78 is 0. The standard InChI is InChI=1S/C13H19NO/c1-2-3-9-13(15)14-11-10-12-7-5-4-6-8-12/h4-8H,2-3,9-11H2,1H3,(H,14,15). The van der Waals surface area contributed by atoms with Crippen molar-refractivity contribution in [2.24, 2.45) is 0 Å². The molecule has 1 N–H and O–H groups in total. The summed E-state index contributed by atoms with van der Waals surface area (Å²) in [6.45, 7) is 2.84. The van der Waals surface area contributed by atoms with Crippen LogP contribution >= 0.6 is 0 Å². The fourth-order valence-corrected chi connectivity index (χ4v) is 1.42. The van der Waals surface area contributed by atoms with Crippen LogP contribution in [0.25, 0.3) is 0 Å². The van der Waals surface area contributed by atoms with Gasteiger partial charge in [0.05, 0.1) is 0 Å². The topological polar surface area (TPSA) is 29.1 Å². The third-order valence-electron chi connectivity index (χ3n) is 2.34. The Morgan fingerprint density at radius 3 is 2.67 bits per heavy atom. The van der Waals surface area contributed by atoms with E-state index in [2.05, 4.69) is 24.4 Å². The molecule has 1 aromatic carbocycles. The van der Waals surface area contributed by atoms with Crippen LogP contribution in [-0.2, 0) is 11.2 Å². The molecule has 0 fully saturated rings. The Hall–Kier alpha value is -1.31. The third-order valence-corrected chi connectivity index (χ3v) is 2.34. The van der Waals surface area contributed by atoms with Gasteiger partial charge in [-0.3, -0.25) is 4.79 Å². The molecule has 0 saturated heterocycles. The van der Waals surface area contributed by atoms with Gasteiger partial charge in [-0.15, -0.1) is 0 Å². The zero-order chi connectivity index (χ0) is 10.9. The molecule has 0 radical (unpaired) electrons. The molecule has 0 aliphatic heterocycles. The third kappa shape index (κ3) is 5.21. The van der Waals surface area contributed by atoms with Crippen LogP contribution in [0.4, 0.5) is 0 Å². The Labute approximate surface area is 91.7 Å². The van der Waals surface area contributed by atoms with E-state index >= 15 is 0 Å². The van der Waals surface area contributed by atoms with Gasteiger partial charge in [0, 0.05) is 13.0 Å². The smallest absolute Gasteiger partial charge is 0.220 e. The summed E-state index contributed by atoms with van der Waals surface area (Å²) in [5, 5.41) is 2.93. The van der Waals surface area contributed by atoms with Crippen LogP contribution in [0.5, 0.6) is 0 Å². The summed E-state index contributed by atoms with van der Waals surface area (Å²) in [5.41, 5.74) is 1.27. The summed E-state index contributed by atoms with van der Waals surface area (Å²) in [7, 11) is 0. The maximum absolute atomic E-state index is 11.3. The summed E-state index contributed by atoms with van der Waals surface area (Å²) in [6.07, 6.45) is 3.63. The van der Waals surface area contributed by atoms with Crippen LogP contribution in [0.3, 0.4) is 0 Å². The normalized spacial score (nSPS) is 9.93. The molecule has 0 aromatic heterocycles. The highest BCUT2D eigenvalue weighted by Crippen LogP contribution is 1.98. The minimum atomic E-state index is 0.174. The van der Waals surface area contributed by atoms with E-state index in [1.54, 1.807) is 0 Å². The molecule has 2 nitrogen and oxygen atoms in total. The van der Waals surface area contributed by atoms with E-state index in [1.807, 2.05) is 18.2 Å². The molecule has 0 spiro atoms. The van der Waals surface area contributed by atoms with E-state index in [-0.39, 0.29) is 5.91 Å². The number of amides is 1. The molecule has 15 heavy (non-hydrogen) atoms. The van der Waals surface area contributed by atoms with E-state index in [1.165, 1.54) is 5.56 Å². The molecule has 0 saturated carbocycles. The highest BCUT2D eigenvalue weighted by Gasteiger charge is 1.98. The highest BCUT2D eigenvalue weighted by atomic mass is 16.1. The van der Waals surface area contributed by atoms with Crippen LogP contribution in [0, 0.1) is 0 Å². The van der Waals surface area contributed by atoms with Crippen molar-refractivity contribution in [1.29, 1.82) is 0 Å². The fraction of sp³-hybridized carbons (Fsp3) is 0.462. The van der Waals surface area contributed by atoms with E-state index < -0.39 is 0 Å². The first-order valence-electron chi connectivity index (χ1n) is 5.63. The Morgan fingerprint density at radius 2 is 2.00 bits per heavy atom. The van der Waals surface area contributed by atoms with E-state index in [4.69, 9.17) is 0 Å². The molecule has 2 heteroatoms. The van der Waals surface area contributed by atoms with Gasteiger partial charge >= 0.3 is 0 Å². The van der Waals surface area contributed by atoms with Crippen molar-refractivity contribution in [3.63, 3.8) is 0 Å². The predicted octanol–water partition coefficient (Wildman–Crippen LogP) is 2.54. The number of hydrogen-bond acceptors (Lipinski definition) is 1. The molecule has 1 rings (SSSR count). The lowest BCUT2D eigenvalue weighted by Gasteiger charge is -2.04. The van der Waals surface area contributed by atoms with Gasteiger partial charge in [0.25, 0.3) is 0 Å². The summed E-state index contributed by atoms with van der Waals surface area (Å²) >= 11 is 0. The zero-order valence-corrected chi connectivity index (χ0v) is 9.33. The van der Waals surface area contributed by atoms with Crippen molar-refractivity contribution in [1.82, 2.24) is 5.32 Å². The van der Waals surface area contributed by atoms with Crippen molar-refractivity contribution in [2.75, 3.05) is 6.54 Å². The predicted molar refractivity (Wildman–Crippen MR) is 62.7 cm³/mol. The van der Waals surface area contributed by atoms with Gasteiger partial charge in [0.15, 0.2) is 0 Å². The number of carbonyl (C=O) groups excluding carboxylic acids is 1. The van der Waals surface area contributed by atoms with Crippen LogP contribution < -0.4 is 5.32 Å². The lowest BCUT2D eigenvalue weighted by molar-refractivity contribution is -0.121. The minimum Gasteiger partial charge on any atom is -0.356 e. The zero-order valence-electron chi connectivity index (χ0n) is 9.33. The largest absolute Gasteiger partial charge is 0.356 e. The number of benzene rings is 1. The van der Waals surface area contributed by atoms with Gasteiger partial charge in [-0.25, -0.2) is 0 Å². The quantitative estimate of drug-likeness (QED) is 0.759. The van der Waals surface area contributed by atoms with Crippen LogP contribution in [0.2, 0.25) is 0 Å². The van der Waals surface area contributed by atoms with Crippen LogP contribution in [-0.4, -0.2) is 12.5 Å². The van der Waals surface area contributed by atoms with Crippen molar-refractivity contribution >= 4 is 5.91 Å². The molecule has 0 heterocycles. The second-order valence-electron chi connectivity index (χ2n) is 3.69. The van der Waals surface area contributed by atoms with Gasteiger partial charge in [-0.2, -0.15) is 0 Å². The first kappa shape index (κ1) is 11.8. The number of nitrogens with one attached hydrogen (secondary N) is 1. The van der Waals surface area contributed by atoms with E-state index in [0.717, 1.165) is 25.8 Å². The minimum absolute atomic E-state index is 0.174. The molecule has 0 unspecified atom stereocenters. The maximum atomic E-state index is 11.3. The molecular weight excluding hydrogens is 186 g/mol. The molecule has 1 aromatic rings. The molecule has 1 amide bonds. The summed E-state index contributed by atoms with van der Waals surface area (Å²) in [5.74, 6) is 0.174. The van der Waals surface area contributed by atoms with Gasteiger partial charge in [-0.05, 0) is 18.4 Å². The van der Waals surface area contributed by atoms with Crippen LogP contribution in [0.1, 0.15) is 31.7 Å². The maximum Gasteiger partial charge on any atom is 0.220 e.